The second kappa shape index (κ2) is 9.17. The average molecular weight is 402 g/mol. The standard InChI is InChI=1S/C21H31N5O3/c1-16-19(13-22-15-23-16)21(28)24-7-4-18(5-8-24)26-6-2-3-17(14-26)20(27)25-9-11-29-12-10-25/h13,15,17-18H,2-12,14H2,1H3/t17-/m0/s1. The fourth-order valence-electron chi connectivity index (χ4n) is 4.79. The van der Waals surface area contributed by atoms with Crippen molar-refractivity contribution in [3.05, 3.63) is 23.8 Å². The third-order valence-corrected chi connectivity index (χ3v) is 6.53. The average Bonchev–Trinajstić information content (AvgIpc) is 2.79. The maximum atomic E-state index is 12.9. The van der Waals surface area contributed by atoms with E-state index in [0.717, 1.165) is 70.6 Å². The van der Waals surface area contributed by atoms with E-state index in [-0.39, 0.29) is 11.8 Å². The Morgan fingerprint density at radius 1 is 1.03 bits per heavy atom. The molecule has 29 heavy (non-hydrogen) atoms. The summed E-state index contributed by atoms with van der Waals surface area (Å²) >= 11 is 0. The van der Waals surface area contributed by atoms with Crippen LogP contribution in [0.15, 0.2) is 12.5 Å². The lowest BCUT2D eigenvalue weighted by molar-refractivity contribution is -0.141. The SMILES string of the molecule is Cc1ncncc1C(=O)N1CCC(N2CCC[C@H](C(=O)N3CCOCC3)C2)CC1. The predicted molar refractivity (Wildman–Crippen MR) is 107 cm³/mol. The Hall–Kier alpha value is -2.06. The van der Waals surface area contributed by atoms with Crippen molar-refractivity contribution in [3.63, 3.8) is 0 Å². The highest BCUT2D eigenvalue weighted by Gasteiger charge is 2.34. The molecule has 3 saturated heterocycles. The van der Waals surface area contributed by atoms with Crippen molar-refractivity contribution >= 4 is 11.8 Å². The number of likely N-dealkylation sites (tertiary alicyclic amines) is 2. The molecule has 3 fully saturated rings. The Kier molecular flexibility index (Phi) is 6.40. The number of hydrogen-bond donors (Lipinski definition) is 0. The Morgan fingerprint density at radius 2 is 1.79 bits per heavy atom. The molecule has 8 heteroatoms. The Bertz CT molecular complexity index is 729. The number of ether oxygens (including phenoxy) is 1. The Labute approximate surface area is 172 Å². The molecule has 0 bridgehead atoms. The van der Waals surface area contributed by atoms with Crippen LogP contribution in [0, 0.1) is 12.8 Å². The molecule has 0 N–H and O–H groups in total. The molecule has 4 heterocycles. The van der Waals surface area contributed by atoms with E-state index in [1.54, 1.807) is 6.20 Å². The Morgan fingerprint density at radius 3 is 2.52 bits per heavy atom. The molecule has 0 spiro atoms. The largest absolute Gasteiger partial charge is 0.378 e. The molecule has 158 valence electrons. The molecule has 1 aromatic heterocycles. The minimum atomic E-state index is 0.0283. The van der Waals surface area contributed by atoms with Crippen LogP contribution >= 0.6 is 0 Å². The molecule has 3 aliphatic rings. The predicted octanol–water partition coefficient (Wildman–Crippen LogP) is 0.960. The summed E-state index contributed by atoms with van der Waals surface area (Å²) in [6.45, 7) is 7.99. The van der Waals surface area contributed by atoms with Crippen LogP contribution in [-0.4, -0.2) is 95.0 Å². The monoisotopic (exact) mass is 401 g/mol. The van der Waals surface area contributed by atoms with Crippen molar-refractivity contribution in [2.75, 3.05) is 52.5 Å². The van der Waals surface area contributed by atoms with E-state index in [0.29, 0.717) is 30.7 Å². The molecule has 1 atom stereocenters. The van der Waals surface area contributed by atoms with Gasteiger partial charge in [-0.1, -0.05) is 0 Å². The lowest BCUT2D eigenvalue weighted by Crippen LogP contribution is -2.53. The fourth-order valence-corrected chi connectivity index (χ4v) is 4.79. The summed E-state index contributed by atoms with van der Waals surface area (Å²) in [5.41, 5.74) is 1.33. The normalized spacial score (nSPS) is 24.5. The van der Waals surface area contributed by atoms with Crippen LogP contribution in [0.2, 0.25) is 0 Å². The van der Waals surface area contributed by atoms with E-state index < -0.39 is 0 Å². The fraction of sp³-hybridized carbons (Fsp3) is 0.714. The van der Waals surface area contributed by atoms with Crippen LogP contribution in [0.25, 0.3) is 0 Å². The van der Waals surface area contributed by atoms with Gasteiger partial charge in [0.1, 0.15) is 6.33 Å². The highest BCUT2D eigenvalue weighted by Crippen LogP contribution is 2.26. The molecule has 0 unspecified atom stereocenters. The number of morpholine rings is 1. The minimum absolute atomic E-state index is 0.0283. The second-order valence-electron chi connectivity index (χ2n) is 8.32. The maximum absolute atomic E-state index is 12.9. The zero-order chi connectivity index (χ0) is 20.2. The van der Waals surface area contributed by atoms with Crippen LogP contribution in [0.3, 0.4) is 0 Å². The van der Waals surface area contributed by atoms with E-state index in [9.17, 15) is 9.59 Å². The van der Waals surface area contributed by atoms with Crippen molar-refractivity contribution in [1.82, 2.24) is 24.7 Å². The number of amides is 2. The van der Waals surface area contributed by atoms with E-state index >= 15 is 0 Å². The van der Waals surface area contributed by atoms with E-state index in [1.807, 2.05) is 16.7 Å². The highest BCUT2D eigenvalue weighted by molar-refractivity contribution is 5.94. The Balaban J connectivity index is 1.30. The molecule has 3 aliphatic heterocycles. The maximum Gasteiger partial charge on any atom is 0.257 e. The molecule has 0 aromatic carbocycles. The van der Waals surface area contributed by atoms with Gasteiger partial charge in [0.25, 0.3) is 5.91 Å². The summed E-state index contributed by atoms with van der Waals surface area (Å²) in [4.78, 5) is 40.2. The van der Waals surface area contributed by atoms with Gasteiger partial charge in [-0.3, -0.25) is 14.5 Å². The molecule has 0 radical (unpaired) electrons. The number of carbonyl (C=O) groups is 2. The van der Waals surface area contributed by atoms with Crippen LogP contribution in [-0.2, 0) is 9.53 Å². The number of rotatable bonds is 3. The first kappa shape index (κ1) is 20.2. The van der Waals surface area contributed by atoms with Gasteiger partial charge in [-0.2, -0.15) is 0 Å². The lowest BCUT2D eigenvalue weighted by Gasteiger charge is -2.43. The molecular formula is C21H31N5O3. The summed E-state index contributed by atoms with van der Waals surface area (Å²) in [6, 6.07) is 0.451. The van der Waals surface area contributed by atoms with Gasteiger partial charge in [-0.05, 0) is 39.2 Å². The van der Waals surface area contributed by atoms with E-state index in [2.05, 4.69) is 14.9 Å². The van der Waals surface area contributed by atoms with Gasteiger partial charge in [0, 0.05) is 45.0 Å². The van der Waals surface area contributed by atoms with Gasteiger partial charge in [0.15, 0.2) is 0 Å². The number of nitrogens with zero attached hydrogens (tertiary/aromatic N) is 5. The van der Waals surface area contributed by atoms with Crippen LogP contribution in [0.1, 0.15) is 41.7 Å². The molecule has 4 rings (SSSR count). The van der Waals surface area contributed by atoms with Crippen LogP contribution < -0.4 is 0 Å². The van der Waals surface area contributed by atoms with Gasteiger partial charge < -0.3 is 14.5 Å². The minimum Gasteiger partial charge on any atom is -0.378 e. The summed E-state index contributed by atoms with van der Waals surface area (Å²) in [5, 5.41) is 0. The summed E-state index contributed by atoms with van der Waals surface area (Å²) in [6.07, 6.45) is 7.05. The first-order chi connectivity index (χ1) is 14.1. The molecule has 0 aliphatic carbocycles. The van der Waals surface area contributed by atoms with Gasteiger partial charge in [0.2, 0.25) is 5.91 Å². The molecule has 0 saturated carbocycles. The van der Waals surface area contributed by atoms with Crippen LogP contribution in [0.4, 0.5) is 0 Å². The molecule has 8 nitrogen and oxygen atoms in total. The molecule has 2 amide bonds. The van der Waals surface area contributed by atoms with Gasteiger partial charge in [0.05, 0.1) is 30.4 Å². The van der Waals surface area contributed by atoms with Gasteiger partial charge in [-0.15, -0.1) is 0 Å². The summed E-state index contributed by atoms with van der Waals surface area (Å²) < 4.78 is 5.38. The first-order valence-electron chi connectivity index (χ1n) is 10.8. The number of aromatic nitrogens is 2. The topological polar surface area (TPSA) is 78.9 Å². The number of hydrogen-bond acceptors (Lipinski definition) is 6. The van der Waals surface area contributed by atoms with Crippen molar-refractivity contribution < 1.29 is 14.3 Å². The van der Waals surface area contributed by atoms with Gasteiger partial charge >= 0.3 is 0 Å². The highest BCUT2D eigenvalue weighted by atomic mass is 16.5. The molecule has 1 aromatic rings. The van der Waals surface area contributed by atoms with Crippen molar-refractivity contribution in [2.24, 2.45) is 5.92 Å². The quantitative estimate of drug-likeness (QED) is 0.751. The van der Waals surface area contributed by atoms with Crippen molar-refractivity contribution in [2.45, 2.75) is 38.6 Å². The second-order valence-corrected chi connectivity index (χ2v) is 8.32. The number of aryl methyl sites for hydroxylation is 1. The number of piperidine rings is 2. The first-order valence-corrected chi connectivity index (χ1v) is 10.8. The van der Waals surface area contributed by atoms with E-state index in [1.165, 1.54) is 6.33 Å². The van der Waals surface area contributed by atoms with Gasteiger partial charge in [-0.25, -0.2) is 9.97 Å². The van der Waals surface area contributed by atoms with Crippen LogP contribution in [0.5, 0.6) is 0 Å². The zero-order valence-electron chi connectivity index (χ0n) is 17.3. The summed E-state index contributed by atoms with van der Waals surface area (Å²) in [7, 11) is 0. The van der Waals surface area contributed by atoms with E-state index in [4.69, 9.17) is 4.74 Å². The summed E-state index contributed by atoms with van der Waals surface area (Å²) in [5.74, 6) is 0.427. The number of carbonyl (C=O) groups excluding carboxylic acids is 2. The lowest BCUT2D eigenvalue weighted by atomic mass is 9.92. The van der Waals surface area contributed by atoms with Crippen molar-refractivity contribution in [3.8, 4) is 0 Å². The molecular weight excluding hydrogens is 370 g/mol. The third-order valence-electron chi connectivity index (χ3n) is 6.53. The smallest absolute Gasteiger partial charge is 0.257 e. The third kappa shape index (κ3) is 4.59. The van der Waals surface area contributed by atoms with Crippen molar-refractivity contribution in [1.29, 1.82) is 0 Å². The zero-order valence-corrected chi connectivity index (χ0v) is 17.3.